The predicted octanol–water partition coefficient (Wildman–Crippen LogP) is 3.32. The Morgan fingerprint density at radius 1 is 1.19 bits per heavy atom. The fourth-order valence-electron chi connectivity index (χ4n) is 2.99. The minimum Gasteiger partial charge on any atom is -0.341 e. The van der Waals surface area contributed by atoms with Crippen molar-refractivity contribution in [3.63, 3.8) is 0 Å². The predicted molar refractivity (Wildman–Crippen MR) is 111 cm³/mol. The Balaban J connectivity index is 0.00000312. The van der Waals surface area contributed by atoms with Crippen molar-refractivity contribution < 1.29 is 4.79 Å². The van der Waals surface area contributed by atoms with Crippen LogP contribution in [0.25, 0.3) is 0 Å². The molecule has 26 heavy (non-hydrogen) atoms. The van der Waals surface area contributed by atoms with Crippen LogP contribution in [0.15, 0.2) is 36.4 Å². The molecule has 2 aromatic rings. The molecule has 0 radical (unpaired) electrons. The molecule has 0 aliphatic carbocycles. The highest BCUT2D eigenvalue weighted by Crippen LogP contribution is 2.16. The molecule has 146 valence electrons. The molecular formula is C19H30Cl2N4O. The van der Waals surface area contributed by atoms with E-state index in [1.807, 2.05) is 54.6 Å². The van der Waals surface area contributed by atoms with Crippen LogP contribution in [0.5, 0.6) is 0 Å². The molecular weight excluding hydrogens is 371 g/mol. The number of amides is 1. The lowest BCUT2D eigenvalue weighted by Gasteiger charge is -2.24. The molecule has 0 bridgehead atoms. The lowest BCUT2D eigenvalue weighted by molar-refractivity contribution is -0.131. The van der Waals surface area contributed by atoms with Crippen LogP contribution in [0.2, 0.25) is 0 Å². The maximum atomic E-state index is 12.7. The third-order valence-electron chi connectivity index (χ3n) is 4.20. The SMILES string of the molecule is Cc1cc(C)n(C(C)CC(=O)N(CCN)CCc2ccccc2)n1.Cl.Cl. The van der Waals surface area contributed by atoms with Crippen LogP contribution in [-0.4, -0.2) is 40.2 Å². The third-order valence-corrected chi connectivity index (χ3v) is 4.20. The number of hydrogen-bond donors (Lipinski definition) is 1. The molecule has 0 saturated carbocycles. The van der Waals surface area contributed by atoms with Crippen LogP contribution < -0.4 is 5.73 Å². The van der Waals surface area contributed by atoms with E-state index in [0.717, 1.165) is 17.8 Å². The van der Waals surface area contributed by atoms with Crippen molar-refractivity contribution in [3.8, 4) is 0 Å². The van der Waals surface area contributed by atoms with Crippen molar-refractivity contribution >= 4 is 30.7 Å². The number of aromatic nitrogens is 2. The molecule has 5 nitrogen and oxygen atoms in total. The minimum atomic E-state index is 0. The minimum absolute atomic E-state index is 0. The molecule has 0 fully saturated rings. The van der Waals surface area contributed by atoms with E-state index in [4.69, 9.17) is 5.73 Å². The van der Waals surface area contributed by atoms with Gasteiger partial charge in [-0.25, -0.2) is 0 Å². The van der Waals surface area contributed by atoms with E-state index in [1.165, 1.54) is 5.56 Å². The molecule has 0 spiro atoms. The van der Waals surface area contributed by atoms with E-state index in [0.29, 0.717) is 26.1 Å². The van der Waals surface area contributed by atoms with Crippen LogP contribution in [0.4, 0.5) is 0 Å². The van der Waals surface area contributed by atoms with Crippen molar-refractivity contribution in [1.29, 1.82) is 0 Å². The molecule has 0 aliphatic rings. The summed E-state index contributed by atoms with van der Waals surface area (Å²) < 4.78 is 1.94. The second kappa shape index (κ2) is 11.9. The Labute approximate surface area is 168 Å². The molecule has 1 unspecified atom stereocenters. The summed E-state index contributed by atoms with van der Waals surface area (Å²) in [6.07, 6.45) is 1.29. The highest BCUT2D eigenvalue weighted by molar-refractivity contribution is 5.85. The Kier molecular flexibility index (Phi) is 11.2. The van der Waals surface area contributed by atoms with Gasteiger partial charge in [0.05, 0.1) is 11.7 Å². The number of carbonyl (C=O) groups is 1. The quantitative estimate of drug-likeness (QED) is 0.738. The summed E-state index contributed by atoms with van der Waals surface area (Å²) in [4.78, 5) is 14.6. The second-order valence-corrected chi connectivity index (χ2v) is 6.33. The van der Waals surface area contributed by atoms with Gasteiger partial charge >= 0.3 is 0 Å². The highest BCUT2D eigenvalue weighted by atomic mass is 35.5. The standard InChI is InChI=1S/C19H28N4O.2ClH/c1-15-13-16(2)23(21-15)17(3)14-19(24)22(12-10-20)11-9-18-7-5-4-6-8-18;;/h4-8,13,17H,9-12,14,20H2,1-3H3;2*1H. The van der Waals surface area contributed by atoms with E-state index in [1.54, 1.807) is 0 Å². The van der Waals surface area contributed by atoms with E-state index in [2.05, 4.69) is 17.2 Å². The second-order valence-electron chi connectivity index (χ2n) is 6.33. The summed E-state index contributed by atoms with van der Waals surface area (Å²) in [5.41, 5.74) is 9.00. The maximum absolute atomic E-state index is 12.7. The van der Waals surface area contributed by atoms with Crippen molar-refractivity contribution in [3.05, 3.63) is 53.3 Å². The first-order chi connectivity index (χ1) is 11.5. The Hall–Kier alpha value is -1.56. The van der Waals surface area contributed by atoms with Crippen LogP contribution in [0, 0.1) is 13.8 Å². The van der Waals surface area contributed by atoms with E-state index in [-0.39, 0.29) is 36.8 Å². The number of nitrogens with zero attached hydrogens (tertiary/aromatic N) is 3. The summed E-state index contributed by atoms with van der Waals surface area (Å²) in [5.74, 6) is 0.136. The number of nitrogens with two attached hydrogens (primary N) is 1. The van der Waals surface area contributed by atoms with Gasteiger partial charge in [0.1, 0.15) is 0 Å². The van der Waals surface area contributed by atoms with Gasteiger partial charge in [0.15, 0.2) is 0 Å². The Morgan fingerprint density at radius 2 is 1.85 bits per heavy atom. The third kappa shape index (κ3) is 6.98. The van der Waals surface area contributed by atoms with Gasteiger partial charge in [-0.1, -0.05) is 30.3 Å². The van der Waals surface area contributed by atoms with Crippen LogP contribution >= 0.6 is 24.8 Å². The summed E-state index contributed by atoms with van der Waals surface area (Å²) in [7, 11) is 0. The van der Waals surface area contributed by atoms with Crippen molar-refractivity contribution in [2.75, 3.05) is 19.6 Å². The lowest BCUT2D eigenvalue weighted by Crippen LogP contribution is -2.38. The normalized spacial score (nSPS) is 11.2. The van der Waals surface area contributed by atoms with Crippen molar-refractivity contribution in [2.24, 2.45) is 5.73 Å². The van der Waals surface area contributed by atoms with E-state index in [9.17, 15) is 4.79 Å². The zero-order chi connectivity index (χ0) is 17.5. The fourth-order valence-corrected chi connectivity index (χ4v) is 2.99. The van der Waals surface area contributed by atoms with Gasteiger partial charge < -0.3 is 10.6 Å². The number of hydrogen-bond acceptors (Lipinski definition) is 3. The Bertz CT molecular complexity index is 661. The first kappa shape index (κ1) is 24.4. The molecule has 1 atom stereocenters. The lowest BCUT2D eigenvalue weighted by atomic mass is 10.1. The number of carbonyl (C=O) groups excluding carboxylic acids is 1. The molecule has 1 amide bonds. The number of halogens is 2. The number of rotatable bonds is 8. The topological polar surface area (TPSA) is 64.2 Å². The largest absolute Gasteiger partial charge is 0.341 e. The molecule has 1 aromatic heterocycles. The zero-order valence-electron chi connectivity index (χ0n) is 15.7. The molecule has 1 heterocycles. The summed E-state index contributed by atoms with van der Waals surface area (Å²) in [6, 6.07) is 12.3. The van der Waals surface area contributed by atoms with E-state index >= 15 is 0 Å². The van der Waals surface area contributed by atoms with Gasteiger partial charge in [0.25, 0.3) is 0 Å². The first-order valence-electron chi connectivity index (χ1n) is 8.55. The molecule has 1 aromatic carbocycles. The van der Waals surface area contributed by atoms with Gasteiger partial charge in [-0.3, -0.25) is 9.48 Å². The average Bonchev–Trinajstić information content (AvgIpc) is 2.90. The molecule has 0 saturated heterocycles. The van der Waals surface area contributed by atoms with Crippen LogP contribution in [0.3, 0.4) is 0 Å². The molecule has 0 aliphatic heterocycles. The summed E-state index contributed by atoms with van der Waals surface area (Å²) >= 11 is 0. The van der Waals surface area contributed by atoms with Gasteiger partial charge in [-0.05, 0) is 38.8 Å². The molecule has 2 rings (SSSR count). The van der Waals surface area contributed by atoms with Gasteiger partial charge in [-0.15, -0.1) is 24.8 Å². The summed E-state index contributed by atoms with van der Waals surface area (Å²) in [6.45, 7) is 7.80. The molecule has 7 heteroatoms. The molecule has 2 N–H and O–H groups in total. The number of aryl methyl sites for hydroxylation is 2. The van der Waals surface area contributed by atoms with Gasteiger partial charge in [0, 0.05) is 31.7 Å². The first-order valence-corrected chi connectivity index (χ1v) is 8.55. The Morgan fingerprint density at radius 3 is 2.38 bits per heavy atom. The smallest absolute Gasteiger partial charge is 0.224 e. The van der Waals surface area contributed by atoms with Crippen LogP contribution in [0.1, 0.15) is 36.3 Å². The summed E-state index contributed by atoms with van der Waals surface area (Å²) in [5, 5.41) is 4.48. The average molecular weight is 401 g/mol. The fraction of sp³-hybridized carbons (Fsp3) is 0.474. The highest BCUT2D eigenvalue weighted by Gasteiger charge is 2.18. The van der Waals surface area contributed by atoms with Crippen LogP contribution in [-0.2, 0) is 11.2 Å². The van der Waals surface area contributed by atoms with Gasteiger partial charge in [0.2, 0.25) is 5.91 Å². The van der Waals surface area contributed by atoms with E-state index < -0.39 is 0 Å². The van der Waals surface area contributed by atoms with Crippen molar-refractivity contribution in [1.82, 2.24) is 14.7 Å². The zero-order valence-corrected chi connectivity index (χ0v) is 17.4. The monoisotopic (exact) mass is 400 g/mol. The van der Waals surface area contributed by atoms with Crippen molar-refractivity contribution in [2.45, 2.75) is 39.7 Å². The maximum Gasteiger partial charge on any atom is 0.224 e. The van der Waals surface area contributed by atoms with Gasteiger partial charge in [-0.2, -0.15) is 5.10 Å². The number of benzene rings is 1.